The van der Waals surface area contributed by atoms with Crippen molar-refractivity contribution in [3.63, 3.8) is 0 Å². The van der Waals surface area contributed by atoms with Gasteiger partial charge >= 0.3 is 0 Å². The topological polar surface area (TPSA) is 52.6 Å². The van der Waals surface area contributed by atoms with Crippen LogP contribution in [0.15, 0.2) is 24.3 Å². The van der Waals surface area contributed by atoms with Crippen LogP contribution < -0.4 is 10.2 Å². The molecule has 1 atom stereocenters. The summed E-state index contributed by atoms with van der Waals surface area (Å²) in [6.07, 6.45) is 0.344. The molecule has 1 unspecified atom stereocenters. The molecule has 3 rings (SSSR count). The fraction of sp³-hybridized carbons (Fsp3) is 0.500. The molecular weight excluding hydrogens is 266 g/mol. The summed E-state index contributed by atoms with van der Waals surface area (Å²) in [7, 11) is 0. The average Bonchev–Trinajstić information content (AvgIpc) is 2.94. The highest BCUT2D eigenvalue weighted by Crippen LogP contribution is 2.22. The van der Waals surface area contributed by atoms with Gasteiger partial charge in [0.15, 0.2) is 0 Å². The summed E-state index contributed by atoms with van der Waals surface area (Å²) in [4.78, 5) is 27.8. The smallest absolute Gasteiger partial charge is 0.228 e. The number of carbonyl (C=O) groups is 2. The number of nitrogens with zero attached hydrogens (tertiary/aromatic N) is 2. The summed E-state index contributed by atoms with van der Waals surface area (Å²) < 4.78 is 0. The molecule has 2 heterocycles. The lowest BCUT2D eigenvalue weighted by atomic mass is 10.1. The molecule has 2 saturated heterocycles. The van der Waals surface area contributed by atoms with E-state index in [1.807, 2.05) is 11.0 Å². The van der Waals surface area contributed by atoms with Gasteiger partial charge in [-0.2, -0.15) is 0 Å². The zero-order chi connectivity index (χ0) is 14.8. The molecule has 5 nitrogen and oxygen atoms in total. The summed E-state index contributed by atoms with van der Waals surface area (Å²) in [5, 5.41) is 2.73. The van der Waals surface area contributed by atoms with E-state index in [0.29, 0.717) is 13.0 Å². The molecule has 112 valence electrons. The Bertz CT molecular complexity index is 550. The molecule has 2 aliphatic heterocycles. The van der Waals surface area contributed by atoms with Gasteiger partial charge < -0.3 is 15.1 Å². The highest BCUT2D eigenvalue weighted by atomic mass is 16.2. The molecule has 2 aliphatic rings. The van der Waals surface area contributed by atoms with E-state index in [1.54, 1.807) is 0 Å². The van der Waals surface area contributed by atoms with Gasteiger partial charge in [0.05, 0.1) is 5.92 Å². The number of benzene rings is 1. The van der Waals surface area contributed by atoms with Crippen LogP contribution in [0.3, 0.4) is 0 Å². The van der Waals surface area contributed by atoms with Crippen molar-refractivity contribution >= 4 is 17.5 Å². The monoisotopic (exact) mass is 287 g/mol. The van der Waals surface area contributed by atoms with Crippen molar-refractivity contribution in [2.45, 2.75) is 13.3 Å². The molecule has 1 aromatic rings. The first-order valence-electron chi connectivity index (χ1n) is 7.51. The van der Waals surface area contributed by atoms with Crippen LogP contribution in [0.25, 0.3) is 0 Å². The number of aryl methyl sites for hydroxylation is 1. The van der Waals surface area contributed by atoms with Gasteiger partial charge in [0.1, 0.15) is 0 Å². The first-order valence-corrected chi connectivity index (χ1v) is 7.51. The second-order valence-electron chi connectivity index (χ2n) is 5.80. The number of rotatable bonds is 2. The van der Waals surface area contributed by atoms with E-state index >= 15 is 0 Å². The van der Waals surface area contributed by atoms with Gasteiger partial charge in [-0.3, -0.25) is 9.59 Å². The molecule has 1 N–H and O–H groups in total. The van der Waals surface area contributed by atoms with Crippen molar-refractivity contribution in [1.29, 1.82) is 0 Å². The van der Waals surface area contributed by atoms with E-state index in [0.717, 1.165) is 26.2 Å². The van der Waals surface area contributed by atoms with E-state index in [9.17, 15) is 9.59 Å². The maximum atomic E-state index is 12.4. The lowest BCUT2D eigenvalue weighted by Gasteiger charge is -2.37. The van der Waals surface area contributed by atoms with E-state index < -0.39 is 0 Å². The first kappa shape index (κ1) is 13.9. The largest absolute Gasteiger partial charge is 0.368 e. The SMILES string of the molecule is Cc1ccccc1N1CCN(C(=O)C2CNC(=O)C2)CC1. The van der Waals surface area contributed by atoms with Crippen LogP contribution in [0.4, 0.5) is 5.69 Å². The molecule has 0 aromatic heterocycles. The number of carbonyl (C=O) groups excluding carboxylic acids is 2. The van der Waals surface area contributed by atoms with Crippen molar-refractivity contribution in [2.75, 3.05) is 37.6 Å². The number of hydrogen-bond donors (Lipinski definition) is 1. The molecule has 0 saturated carbocycles. The van der Waals surface area contributed by atoms with E-state index in [4.69, 9.17) is 0 Å². The zero-order valence-corrected chi connectivity index (χ0v) is 12.3. The van der Waals surface area contributed by atoms with Gasteiger partial charge in [-0.15, -0.1) is 0 Å². The molecular formula is C16H21N3O2. The molecule has 0 spiro atoms. The van der Waals surface area contributed by atoms with Gasteiger partial charge in [0.2, 0.25) is 11.8 Å². The molecule has 2 fully saturated rings. The Labute approximate surface area is 124 Å². The van der Waals surface area contributed by atoms with Gasteiger partial charge in [-0.1, -0.05) is 18.2 Å². The maximum Gasteiger partial charge on any atom is 0.228 e. The van der Waals surface area contributed by atoms with E-state index in [-0.39, 0.29) is 17.7 Å². The molecule has 1 aromatic carbocycles. The average molecular weight is 287 g/mol. The van der Waals surface area contributed by atoms with Crippen LogP contribution in [0.2, 0.25) is 0 Å². The van der Waals surface area contributed by atoms with Crippen molar-refractivity contribution < 1.29 is 9.59 Å². The summed E-state index contributed by atoms with van der Waals surface area (Å²) >= 11 is 0. The van der Waals surface area contributed by atoms with Crippen LogP contribution in [0.1, 0.15) is 12.0 Å². The number of para-hydroxylation sites is 1. The van der Waals surface area contributed by atoms with Crippen LogP contribution >= 0.6 is 0 Å². The van der Waals surface area contributed by atoms with Gasteiger partial charge in [-0.05, 0) is 18.6 Å². The predicted molar refractivity (Wildman–Crippen MR) is 81.1 cm³/mol. The minimum atomic E-state index is -0.164. The molecule has 5 heteroatoms. The fourth-order valence-electron chi connectivity index (χ4n) is 3.12. The highest BCUT2D eigenvalue weighted by molar-refractivity contribution is 5.89. The minimum Gasteiger partial charge on any atom is -0.368 e. The Morgan fingerprint density at radius 2 is 1.90 bits per heavy atom. The molecule has 21 heavy (non-hydrogen) atoms. The third kappa shape index (κ3) is 2.86. The second kappa shape index (κ2) is 5.76. The van der Waals surface area contributed by atoms with Gasteiger partial charge in [0.25, 0.3) is 0 Å². The summed E-state index contributed by atoms with van der Waals surface area (Å²) in [6.45, 7) is 5.78. The lowest BCUT2D eigenvalue weighted by molar-refractivity contribution is -0.136. The first-order chi connectivity index (χ1) is 10.1. The van der Waals surface area contributed by atoms with E-state index in [1.165, 1.54) is 11.3 Å². The second-order valence-corrected chi connectivity index (χ2v) is 5.80. The predicted octanol–water partition coefficient (Wildman–Crippen LogP) is 0.780. The Balaban J connectivity index is 1.59. The summed E-state index contributed by atoms with van der Waals surface area (Å²) in [5.74, 6) is -0.0489. The number of anilines is 1. The van der Waals surface area contributed by atoms with Crippen molar-refractivity contribution in [3.8, 4) is 0 Å². The standard InChI is InChI=1S/C16H21N3O2/c1-12-4-2-3-5-14(12)18-6-8-19(9-7-18)16(21)13-10-15(20)17-11-13/h2-5,13H,6-11H2,1H3,(H,17,20). The zero-order valence-electron chi connectivity index (χ0n) is 12.3. The van der Waals surface area contributed by atoms with Crippen molar-refractivity contribution in [2.24, 2.45) is 5.92 Å². The molecule has 2 amide bonds. The normalized spacial score (nSPS) is 22.3. The van der Waals surface area contributed by atoms with Crippen molar-refractivity contribution in [1.82, 2.24) is 10.2 Å². The fourth-order valence-corrected chi connectivity index (χ4v) is 3.12. The number of piperazine rings is 1. The highest BCUT2D eigenvalue weighted by Gasteiger charge is 2.32. The Kier molecular flexibility index (Phi) is 3.82. The van der Waals surface area contributed by atoms with E-state index in [2.05, 4.69) is 35.3 Å². The number of amides is 2. The Morgan fingerprint density at radius 3 is 2.52 bits per heavy atom. The Hall–Kier alpha value is -2.04. The van der Waals surface area contributed by atoms with Gasteiger partial charge in [-0.25, -0.2) is 0 Å². The third-order valence-corrected chi connectivity index (χ3v) is 4.37. The third-order valence-electron chi connectivity index (χ3n) is 4.37. The molecule has 0 aliphatic carbocycles. The van der Waals surface area contributed by atoms with Crippen LogP contribution in [0.5, 0.6) is 0 Å². The summed E-state index contributed by atoms with van der Waals surface area (Å²) in [5.41, 5.74) is 2.52. The van der Waals surface area contributed by atoms with Crippen molar-refractivity contribution in [3.05, 3.63) is 29.8 Å². The summed E-state index contributed by atoms with van der Waals surface area (Å²) in [6, 6.07) is 8.34. The molecule has 0 bridgehead atoms. The lowest BCUT2D eigenvalue weighted by Crippen LogP contribution is -2.50. The number of hydrogen-bond acceptors (Lipinski definition) is 3. The molecule has 0 radical (unpaired) electrons. The van der Waals surface area contributed by atoms with Crippen LogP contribution in [-0.2, 0) is 9.59 Å². The van der Waals surface area contributed by atoms with Crippen LogP contribution in [-0.4, -0.2) is 49.4 Å². The quantitative estimate of drug-likeness (QED) is 0.874. The number of nitrogens with one attached hydrogen (secondary N) is 1. The van der Waals surface area contributed by atoms with Crippen LogP contribution in [0, 0.1) is 12.8 Å². The minimum absolute atomic E-state index is 0.00750. The Morgan fingerprint density at radius 1 is 1.19 bits per heavy atom. The maximum absolute atomic E-state index is 12.4. The van der Waals surface area contributed by atoms with Gasteiger partial charge in [0, 0.05) is 44.8 Å².